The Morgan fingerprint density at radius 1 is 1.00 bits per heavy atom. The lowest BCUT2D eigenvalue weighted by molar-refractivity contribution is 0.366. The highest BCUT2D eigenvalue weighted by molar-refractivity contribution is 7.17. The highest BCUT2D eigenvalue weighted by Crippen LogP contribution is 2.35. The maximum absolute atomic E-state index is 3.04. The van der Waals surface area contributed by atoms with Crippen LogP contribution in [0.4, 0.5) is 0 Å². The van der Waals surface area contributed by atoms with Gasteiger partial charge in [-0.3, -0.25) is 0 Å². The van der Waals surface area contributed by atoms with Gasteiger partial charge in [0.15, 0.2) is 0 Å². The van der Waals surface area contributed by atoms with Gasteiger partial charge in [-0.2, -0.15) is 0 Å². The van der Waals surface area contributed by atoms with Gasteiger partial charge in [0.25, 0.3) is 0 Å². The van der Waals surface area contributed by atoms with E-state index >= 15 is 0 Å². The summed E-state index contributed by atoms with van der Waals surface area (Å²) in [7, 11) is 3.04. The summed E-state index contributed by atoms with van der Waals surface area (Å²) >= 11 is 0. The van der Waals surface area contributed by atoms with Gasteiger partial charge in [-0.1, -0.05) is 79.2 Å². The smallest absolute Gasteiger partial charge is 0.0104 e. The molecule has 0 fully saturated rings. The van der Waals surface area contributed by atoms with Crippen LogP contribution in [0.1, 0.15) is 84.8 Å². The molecule has 21 heavy (non-hydrogen) atoms. The van der Waals surface area contributed by atoms with Crippen LogP contribution >= 0.6 is 9.24 Å². The van der Waals surface area contributed by atoms with Crippen LogP contribution in [0, 0.1) is 5.41 Å². The fourth-order valence-electron chi connectivity index (χ4n) is 2.90. The first-order chi connectivity index (χ1) is 9.58. The molecule has 0 spiro atoms. The molecule has 0 bridgehead atoms. The van der Waals surface area contributed by atoms with Crippen LogP contribution in [0.15, 0.2) is 24.3 Å². The Kier molecular flexibility index (Phi) is 6.48. The molecule has 0 heterocycles. The van der Waals surface area contributed by atoms with Crippen molar-refractivity contribution in [2.24, 2.45) is 5.41 Å². The van der Waals surface area contributed by atoms with Crippen molar-refractivity contribution in [2.75, 3.05) is 0 Å². The number of hydrogen-bond acceptors (Lipinski definition) is 0. The van der Waals surface area contributed by atoms with E-state index < -0.39 is 0 Å². The second-order valence-corrected chi connectivity index (χ2v) is 9.17. The average Bonchev–Trinajstić information content (AvgIpc) is 2.37. The van der Waals surface area contributed by atoms with Crippen molar-refractivity contribution in [3.8, 4) is 0 Å². The van der Waals surface area contributed by atoms with Crippen LogP contribution in [0.5, 0.6) is 0 Å². The van der Waals surface area contributed by atoms with Crippen molar-refractivity contribution >= 4 is 9.24 Å². The molecule has 0 aromatic heterocycles. The molecular weight excluding hydrogens is 271 g/mol. The minimum absolute atomic E-state index is 0.297. The van der Waals surface area contributed by atoms with E-state index in [-0.39, 0.29) is 0 Å². The normalized spacial score (nSPS) is 15.8. The molecule has 3 atom stereocenters. The van der Waals surface area contributed by atoms with Gasteiger partial charge in [0, 0.05) is 0 Å². The van der Waals surface area contributed by atoms with Gasteiger partial charge in [0.05, 0.1) is 0 Å². The summed E-state index contributed by atoms with van der Waals surface area (Å²) in [6, 6.07) is 9.38. The number of rotatable bonds is 6. The zero-order chi connectivity index (χ0) is 16.3. The van der Waals surface area contributed by atoms with E-state index in [1.165, 1.54) is 30.4 Å². The fraction of sp³-hybridized carbons (Fsp3) is 0.700. The quantitative estimate of drug-likeness (QED) is 0.523. The summed E-state index contributed by atoms with van der Waals surface area (Å²) in [6.07, 6.45) is 3.72. The van der Waals surface area contributed by atoms with Crippen molar-refractivity contribution < 1.29 is 0 Å². The van der Waals surface area contributed by atoms with Crippen molar-refractivity contribution in [3.63, 3.8) is 0 Å². The number of benzene rings is 1. The molecule has 120 valence electrons. The van der Waals surface area contributed by atoms with E-state index in [0.717, 1.165) is 0 Å². The molecule has 0 saturated carbocycles. The largest absolute Gasteiger partial charge is 0.134 e. The maximum atomic E-state index is 3.04. The van der Waals surface area contributed by atoms with Crippen LogP contribution in [-0.4, -0.2) is 5.66 Å². The Balaban J connectivity index is 2.78. The summed E-state index contributed by atoms with van der Waals surface area (Å²) in [6.45, 7) is 16.3. The van der Waals surface area contributed by atoms with Gasteiger partial charge >= 0.3 is 0 Å². The van der Waals surface area contributed by atoms with E-state index in [0.29, 0.717) is 22.4 Å². The molecule has 0 aliphatic rings. The first kappa shape index (κ1) is 18.7. The molecule has 0 nitrogen and oxygen atoms in total. The van der Waals surface area contributed by atoms with E-state index in [1.807, 2.05) is 0 Å². The molecular formula is C20H35P. The maximum Gasteiger partial charge on any atom is -0.0104 e. The molecule has 0 aliphatic carbocycles. The Hall–Kier alpha value is -0.350. The van der Waals surface area contributed by atoms with Crippen LogP contribution < -0.4 is 0 Å². The minimum Gasteiger partial charge on any atom is -0.134 e. The standard InChI is InChI=1S/C20H35P/c1-8-13-20(6,7)17-11-9-16(10-12-17)15(2)14-18(21)19(3,4)5/h9-12,15,18H,8,13-14,21H2,1-7H3. The monoisotopic (exact) mass is 306 g/mol. The summed E-state index contributed by atoms with van der Waals surface area (Å²) in [5, 5.41) is 0. The predicted octanol–water partition coefficient (Wildman–Crippen LogP) is 6.55. The molecule has 1 aromatic carbocycles. The molecule has 0 radical (unpaired) electrons. The third-order valence-electron chi connectivity index (χ3n) is 4.86. The van der Waals surface area contributed by atoms with Gasteiger partial charge in [0.2, 0.25) is 0 Å². The fourth-order valence-corrected chi connectivity index (χ4v) is 3.31. The van der Waals surface area contributed by atoms with Crippen LogP contribution in [0.2, 0.25) is 0 Å². The zero-order valence-corrected chi connectivity index (χ0v) is 16.3. The first-order valence-electron chi connectivity index (χ1n) is 8.44. The third-order valence-corrected chi connectivity index (χ3v) is 6.13. The Morgan fingerprint density at radius 3 is 1.95 bits per heavy atom. The summed E-state index contributed by atoms with van der Waals surface area (Å²) < 4.78 is 0. The zero-order valence-electron chi connectivity index (χ0n) is 15.2. The molecule has 0 amide bonds. The lowest BCUT2D eigenvalue weighted by atomic mass is 9.79. The molecule has 0 N–H and O–H groups in total. The lowest BCUT2D eigenvalue weighted by Gasteiger charge is -2.30. The molecule has 1 heteroatoms. The van der Waals surface area contributed by atoms with Crippen molar-refractivity contribution in [2.45, 2.75) is 84.7 Å². The van der Waals surface area contributed by atoms with Crippen LogP contribution in [-0.2, 0) is 5.41 Å². The van der Waals surface area contributed by atoms with E-state index in [4.69, 9.17) is 0 Å². The molecule has 3 unspecified atom stereocenters. The Bertz CT molecular complexity index is 422. The second-order valence-electron chi connectivity index (χ2n) is 8.37. The van der Waals surface area contributed by atoms with Crippen LogP contribution in [0.25, 0.3) is 0 Å². The molecule has 1 rings (SSSR count). The van der Waals surface area contributed by atoms with Gasteiger partial charge < -0.3 is 0 Å². The summed E-state index contributed by atoms with van der Waals surface area (Å²) in [5.41, 5.74) is 4.26. The topological polar surface area (TPSA) is 0 Å². The van der Waals surface area contributed by atoms with E-state index in [9.17, 15) is 0 Å². The summed E-state index contributed by atoms with van der Waals surface area (Å²) in [4.78, 5) is 0. The van der Waals surface area contributed by atoms with Gasteiger partial charge in [-0.25, -0.2) is 0 Å². The van der Waals surface area contributed by atoms with Crippen molar-refractivity contribution in [1.82, 2.24) is 0 Å². The van der Waals surface area contributed by atoms with Gasteiger partial charge in [0.1, 0.15) is 0 Å². The molecule has 1 aromatic rings. The second kappa shape index (κ2) is 7.28. The van der Waals surface area contributed by atoms with E-state index in [1.54, 1.807) is 0 Å². The van der Waals surface area contributed by atoms with Crippen LogP contribution in [0.3, 0.4) is 0 Å². The minimum atomic E-state index is 0.297. The third kappa shape index (κ3) is 5.41. The van der Waals surface area contributed by atoms with Gasteiger partial charge in [-0.05, 0) is 46.4 Å². The molecule has 0 saturated heterocycles. The lowest BCUT2D eigenvalue weighted by Crippen LogP contribution is -2.22. The SMILES string of the molecule is CCCC(C)(C)c1ccc(C(C)CC(P)C(C)(C)C)cc1. The Morgan fingerprint density at radius 2 is 1.52 bits per heavy atom. The summed E-state index contributed by atoms with van der Waals surface area (Å²) in [5.74, 6) is 0.620. The van der Waals surface area contributed by atoms with E-state index in [2.05, 4.69) is 82.0 Å². The highest BCUT2D eigenvalue weighted by Gasteiger charge is 2.23. The molecule has 0 aliphatic heterocycles. The first-order valence-corrected chi connectivity index (χ1v) is 9.10. The number of hydrogen-bond donors (Lipinski definition) is 0. The predicted molar refractivity (Wildman–Crippen MR) is 100 cm³/mol. The van der Waals surface area contributed by atoms with Crippen molar-refractivity contribution in [1.29, 1.82) is 0 Å². The average molecular weight is 306 g/mol. The van der Waals surface area contributed by atoms with Gasteiger partial charge in [-0.15, -0.1) is 9.24 Å². The van der Waals surface area contributed by atoms with Crippen molar-refractivity contribution in [3.05, 3.63) is 35.4 Å². The highest BCUT2D eigenvalue weighted by atomic mass is 31.0. The Labute approximate surface area is 135 Å².